The predicted octanol–water partition coefficient (Wildman–Crippen LogP) is 5.08. The van der Waals surface area contributed by atoms with Crippen LogP contribution in [0.5, 0.6) is 0 Å². The van der Waals surface area contributed by atoms with E-state index < -0.39 is 0 Å². The molecular weight excluding hydrogens is 268 g/mol. The zero-order valence-corrected chi connectivity index (χ0v) is 13.8. The molecule has 0 aliphatic rings. The molecule has 0 saturated heterocycles. The standard InChI is InChI=1S/C21H26O/c1-3-21(22)16-20-14-12-19(13-15-20)7-5-4-6-18-10-8-17(2)9-11-18/h8-15H,3-7,16H2,1-2H3. The average Bonchev–Trinajstić information content (AvgIpc) is 2.54. The first kappa shape index (κ1) is 16.5. The molecule has 0 saturated carbocycles. The summed E-state index contributed by atoms with van der Waals surface area (Å²) < 4.78 is 0. The monoisotopic (exact) mass is 294 g/mol. The van der Waals surface area contributed by atoms with Crippen molar-refractivity contribution in [3.8, 4) is 0 Å². The molecule has 1 nitrogen and oxygen atoms in total. The van der Waals surface area contributed by atoms with Gasteiger partial charge < -0.3 is 0 Å². The Bertz CT molecular complexity index is 578. The number of hydrogen-bond acceptors (Lipinski definition) is 1. The fourth-order valence-corrected chi connectivity index (χ4v) is 2.59. The van der Waals surface area contributed by atoms with E-state index in [1.807, 2.05) is 6.92 Å². The molecule has 2 aromatic carbocycles. The van der Waals surface area contributed by atoms with Crippen molar-refractivity contribution in [2.45, 2.75) is 52.4 Å². The number of carbonyl (C=O) groups excluding carboxylic acids is 1. The van der Waals surface area contributed by atoms with Crippen LogP contribution in [0.4, 0.5) is 0 Å². The molecule has 2 rings (SSSR count). The van der Waals surface area contributed by atoms with Gasteiger partial charge in [0.15, 0.2) is 0 Å². The lowest BCUT2D eigenvalue weighted by molar-refractivity contribution is -0.118. The maximum Gasteiger partial charge on any atom is 0.136 e. The Kier molecular flexibility index (Phi) is 6.39. The van der Waals surface area contributed by atoms with Crippen molar-refractivity contribution >= 4 is 5.78 Å². The Balaban J connectivity index is 1.72. The van der Waals surface area contributed by atoms with Crippen LogP contribution < -0.4 is 0 Å². The highest BCUT2D eigenvalue weighted by Crippen LogP contribution is 2.12. The number of hydrogen-bond donors (Lipinski definition) is 0. The number of rotatable bonds is 8. The second kappa shape index (κ2) is 8.53. The van der Waals surface area contributed by atoms with Crippen molar-refractivity contribution in [1.82, 2.24) is 0 Å². The van der Waals surface area contributed by atoms with Crippen LogP contribution in [0.1, 0.15) is 48.4 Å². The van der Waals surface area contributed by atoms with Crippen molar-refractivity contribution in [3.05, 3.63) is 70.8 Å². The van der Waals surface area contributed by atoms with Gasteiger partial charge in [-0.15, -0.1) is 0 Å². The van der Waals surface area contributed by atoms with Gasteiger partial charge in [0.25, 0.3) is 0 Å². The number of carbonyl (C=O) groups is 1. The molecule has 0 aliphatic carbocycles. The van der Waals surface area contributed by atoms with Crippen molar-refractivity contribution in [2.24, 2.45) is 0 Å². The van der Waals surface area contributed by atoms with E-state index in [4.69, 9.17) is 0 Å². The van der Waals surface area contributed by atoms with Crippen molar-refractivity contribution in [2.75, 3.05) is 0 Å². The van der Waals surface area contributed by atoms with E-state index in [0.717, 1.165) is 18.4 Å². The molecule has 0 bridgehead atoms. The van der Waals surface area contributed by atoms with Gasteiger partial charge in [0.1, 0.15) is 5.78 Å². The molecule has 0 aromatic heterocycles. The number of ketones is 1. The lowest BCUT2D eigenvalue weighted by Gasteiger charge is -2.05. The quantitative estimate of drug-likeness (QED) is 0.620. The highest BCUT2D eigenvalue weighted by atomic mass is 16.1. The third-order valence-corrected chi connectivity index (χ3v) is 4.12. The number of Topliss-reactive ketones (excluding diaryl/α,β-unsaturated/α-hetero) is 1. The zero-order valence-electron chi connectivity index (χ0n) is 13.8. The molecule has 0 spiro atoms. The molecular formula is C21H26O. The van der Waals surface area contributed by atoms with E-state index in [2.05, 4.69) is 55.5 Å². The molecule has 2 aromatic rings. The van der Waals surface area contributed by atoms with Crippen molar-refractivity contribution in [3.63, 3.8) is 0 Å². The second-order valence-electron chi connectivity index (χ2n) is 6.08. The topological polar surface area (TPSA) is 17.1 Å². The van der Waals surface area contributed by atoms with Crippen molar-refractivity contribution < 1.29 is 4.79 Å². The normalized spacial score (nSPS) is 10.6. The Hall–Kier alpha value is -1.89. The molecule has 0 radical (unpaired) electrons. The van der Waals surface area contributed by atoms with Crippen LogP contribution in [0.15, 0.2) is 48.5 Å². The van der Waals surface area contributed by atoms with Gasteiger partial charge in [-0.2, -0.15) is 0 Å². The van der Waals surface area contributed by atoms with Crippen LogP contribution >= 0.6 is 0 Å². The van der Waals surface area contributed by atoms with Gasteiger partial charge in [-0.05, 0) is 49.3 Å². The summed E-state index contributed by atoms with van der Waals surface area (Å²) in [6.45, 7) is 4.05. The highest BCUT2D eigenvalue weighted by molar-refractivity contribution is 5.80. The summed E-state index contributed by atoms with van der Waals surface area (Å²) in [7, 11) is 0. The molecule has 0 heterocycles. The molecule has 0 N–H and O–H groups in total. The first-order chi connectivity index (χ1) is 10.7. The lowest BCUT2D eigenvalue weighted by atomic mass is 10.0. The van der Waals surface area contributed by atoms with Gasteiger partial charge in [0.2, 0.25) is 0 Å². The summed E-state index contributed by atoms with van der Waals surface area (Å²) in [5.74, 6) is 0.311. The predicted molar refractivity (Wildman–Crippen MR) is 93.3 cm³/mol. The molecule has 0 fully saturated rings. The Morgan fingerprint density at radius 3 is 1.73 bits per heavy atom. The summed E-state index contributed by atoms with van der Waals surface area (Å²) in [4.78, 5) is 11.4. The fraction of sp³-hybridized carbons (Fsp3) is 0.381. The van der Waals surface area contributed by atoms with Crippen LogP contribution in [-0.4, -0.2) is 5.78 Å². The van der Waals surface area contributed by atoms with E-state index in [0.29, 0.717) is 18.6 Å². The molecule has 0 aliphatic heterocycles. The van der Waals surface area contributed by atoms with E-state index >= 15 is 0 Å². The van der Waals surface area contributed by atoms with Gasteiger partial charge in [-0.1, -0.05) is 61.0 Å². The number of benzene rings is 2. The van der Waals surface area contributed by atoms with Crippen molar-refractivity contribution in [1.29, 1.82) is 0 Å². The fourth-order valence-electron chi connectivity index (χ4n) is 2.59. The number of aryl methyl sites for hydroxylation is 3. The lowest BCUT2D eigenvalue weighted by Crippen LogP contribution is -2.00. The molecule has 0 unspecified atom stereocenters. The molecule has 1 heteroatoms. The number of unbranched alkanes of at least 4 members (excludes halogenated alkanes) is 1. The van der Waals surface area contributed by atoms with Crippen LogP contribution in [0, 0.1) is 6.92 Å². The maximum atomic E-state index is 11.4. The Labute approximate surface area is 134 Å². The summed E-state index contributed by atoms with van der Waals surface area (Å²) in [5, 5.41) is 0. The minimum atomic E-state index is 0.311. The van der Waals surface area contributed by atoms with Crippen LogP contribution in [-0.2, 0) is 24.1 Å². The first-order valence-corrected chi connectivity index (χ1v) is 8.32. The Morgan fingerprint density at radius 1 is 0.773 bits per heavy atom. The van der Waals surface area contributed by atoms with E-state index in [-0.39, 0.29) is 0 Å². The maximum absolute atomic E-state index is 11.4. The first-order valence-electron chi connectivity index (χ1n) is 8.32. The van der Waals surface area contributed by atoms with E-state index in [9.17, 15) is 4.79 Å². The summed E-state index contributed by atoms with van der Waals surface area (Å²) in [5.41, 5.74) is 5.26. The minimum absolute atomic E-state index is 0.311. The van der Waals surface area contributed by atoms with E-state index in [1.165, 1.54) is 29.5 Å². The third-order valence-electron chi connectivity index (χ3n) is 4.12. The molecule has 116 valence electrons. The summed E-state index contributed by atoms with van der Waals surface area (Å²) in [6.07, 6.45) is 5.91. The summed E-state index contributed by atoms with van der Waals surface area (Å²) >= 11 is 0. The van der Waals surface area contributed by atoms with Crippen LogP contribution in [0.25, 0.3) is 0 Å². The molecule has 0 atom stereocenters. The van der Waals surface area contributed by atoms with Gasteiger partial charge in [-0.3, -0.25) is 4.79 Å². The smallest absolute Gasteiger partial charge is 0.136 e. The zero-order chi connectivity index (χ0) is 15.8. The average molecular weight is 294 g/mol. The van der Waals surface area contributed by atoms with E-state index in [1.54, 1.807) is 0 Å². The largest absolute Gasteiger partial charge is 0.299 e. The van der Waals surface area contributed by atoms with Crippen LogP contribution in [0.2, 0.25) is 0 Å². The Morgan fingerprint density at radius 2 is 1.23 bits per heavy atom. The SMILES string of the molecule is CCC(=O)Cc1ccc(CCCCc2ccc(C)cc2)cc1. The molecule has 0 amide bonds. The van der Waals surface area contributed by atoms with Gasteiger partial charge in [0, 0.05) is 12.8 Å². The highest BCUT2D eigenvalue weighted by Gasteiger charge is 2.01. The van der Waals surface area contributed by atoms with Gasteiger partial charge >= 0.3 is 0 Å². The third kappa shape index (κ3) is 5.48. The second-order valence-corrected chi connectivity index (χ2v) is 6.08. The van der Waals surface area contributed by atoms with Crippen LogP contribution in [0.3, 0.4) is 0 Å². The summed E-state index contributed by atoms with van der Waals surface area (Å²) in [6, 6.07) is 17.4. The van der Waals surface area contributed by atoms with Gasteiger partial charge in [0.05, 0.1) is 0 Å². The molecule has 22 heavy (non-hydrogen) atoms. The minimum Gasteiger partial charge on any atom is -0.299 e. The van der Waals surface area contributed by atoms with Gasteiger partial charge in [-0.25, -0.2) is 0 Å².